The molecular weight excluding hydrogens is 426 g/mol. The van der Waals surface area contributed by atoms with Gasteiger partial charge in [0.2, 0.25) is 0 Å². The van der Waals surface area contributed by atoms with Gasteiger partial charge in [0, 0.05) is 51.2 Å². The highest BCUT2D eigenvalue weighted by Gasteiger charge is 2.23. The van der Waals surface area contributed by atoms with Gasteiger partial charge in [-0.3, -0.25) is 9.69 Å². The number of morpholine rings is 1. The third-order valence-electron chi connectivity index (χ3n) is 6.63. The van der Waals surface area contributed by atoms with Crippen molar-refractivity contribution in [2.75, 3.05) is 57.4 Å². The van der Waals surface area contributed by atoms with Gasteiger partial charge in [0.05, 0.1) is 35.9 Å². The number of nitrogens with zero attached hydrogens (tertiary/aromatic N) is 5. The Hall–Kier alpha value is -3.47. The molecule has 0 spiro atoms. The quantitative estimate of drug-likeness (QED) is 0.601. The lowest BCUT2D eigenvalue weighted by atomic mass is 10.1. The first-order chi connectivity index (χ1) is 16.7. The Morgan fingerprint density at radius 3 is 2.56 bits per heavy atom. The maximum absolute atomic E-state index is 13.4. The molecule has 2 aromatic carbocycles. The van der Waals surface area contributed by atoms with Crippen molar-refractivity contribution in [1.82, 2.24) is 14.8 Å². The molecule has 1 aromatic heterocycles. The highest BCUT2D eigenvalue weighted by atomic mass is 16.5. The number of benzene rings is 2. The zero-order valence-corrected chi connectivity index (χ0v) is 19.3. The summed E-state index contributed by atoms with van der Waals surface area (Å²) in [6.45, 7) is 6.97. The third-order valence-corrected chi connectivity index (χ3v) is 6.63. The van der Waals surface area contributed by atoms with Crippen molar-refractivity contribution in [2.45, 2.75) is 13.0 Å². The fourth-order valence-electron chi connectivity index (χ4n) is 4.74. The third kappa shape index (κ3) is 4.89. The molecule has 3 heterocycles. The van der Waals surface area contributed by atoms with E-state index in [0.29, 0.717) is 31.9 Å². The number of ether oxygens (including phenoxy) is 1. The van der Waals surface area contributed by atoms with Crippen molar-refractivity contribution in [3.8, 4) is 6.07 Å². The average Bonchev–Trinajstić information content (AvgIpc) is 3.14. The van der Waals surface area contributed by atoms with Crippen molar-refractivity contribution in [1.29, 1.82) is 5.26 Å². The van der Waals surface area contributed by atoms with Crippen molar-refractivity contribution in [3.63, 3.8) is 0 Å². The van der Waals surface area contributed by atoms with E-state index in [1.165, 1.54) is 5.56 Å². The van der Waals surface area contributed by atoms with E-state index in [0.717, 1.165) is 61.4 Å². The molecule has 0 atom stereocenters. The lowest BCUT2D eigenvalue weighted by Gasteiger charge is -2.28. The van der Waals surface area contributed by atoms with Crippen LogP contribution < -0.4 is 4.90 Å². The number of hydrogen-bond acceptors (Lipinski definition) is 6. The zero-order chi connectivity index (χ0) is 23.3. The van der Waals surface area contributed by atoms with Crippen LogP contribution in [0.25, 0.3) is 10.9 Å². The van der Waals surface area contributed by atoms with Gasteiger partial charge in [0.1, 0.15) is 5.82 Å². The van der Waals surface area contributed by atoms with Gasteiger partial charge in [0.25, 0.3) is 5.91 Å². The molecule has 0 radical (unpaired) electrons. The summed E-state index contributed by atoms with van der Waals surface area (Å²) < 4.78 is 5.44. The molecule has 2 saturated heterocycles. The molecule has 5 rings (SSSR count). The van der Waals surface area contributed by atoms with Gasteiger partial charge < -0.3 is 14.5 Å². The molecule has 0 aliphatic carbocycles. The Labute approximate surface area is 200 Å². The molecule has 2 aliphatic heterocycles. The Kier molecular flexibility index (Phi) is 6.70. The first-order valence-corrected chi connectivity index (χ1v) is 11.9. The molecule has 0 unspecified atom stereocenters. The predicted octanol–water partition coefficient (Wildman–Crippen LogP) is 3.29. The Morgan fingerprint density at radius 1 is 0.971 bits per heavy atom. The maximum Gasteiger partial charge on any atom is 0.254 e. The van der Waals surface area contributed by atoms with Gasteiger partial charge in [0.15, 0.2) is 0 Å². The minimum absolute atomic E-state index is 0.0559. The number of rotatable bonds is 4. The van der Waals surface area contributed by atoms with Crippen LogP contribution in [0.3, 0.4) is 0 Å². The van der Waals surface area contributed by atoms with E-state index >= 15 is 0 Å². The molecule has 7 nitrogen and oxygen atoms in total. The minimum Gasteiger partial charge on any atom is -0.378 e. The fourth-order valence-corrected chi connectivity index (χ4v) is 4.74. The van der Waals surface area contributed by atoms with Crippen LogP contribution in [0.5, 0.6) is 0 Å². The number of nitriles is 1. The number of anilines is 1. The molecule has 2 aliphatic rings. The summed E-state index contributed by atoms with van der Waals surface area (Å²) >= 11 is 0. The molecular formula is C27H29N5O2. The van der Waals surface area contributed by atoms with Crippen molar-refractivity contribution in [3.05, 3.63) is 71.3 Å². The van der Waals surface area contributed by atoms with E-state index in [1.807, 2.05) is 59.5 Å². The molecule has 7 heteroatoms. The number of carbonyl (C=O) groups is 1. The number of para-hydroxylation sites is 1. The number of carbonyl (C=O) groups excluding carboxylic acids is 1. The van der Waals surface area contributed by atoms with Crippen molar-refractivity contribution in [2.24, 2.45) is 0 Å². The largest absolute Gasteiger partial charge is 0.378 e. The molecule has 3 aromatic rings. The number of fused-ring (bicyclic) bond motifs is 1. The summed E-state index contributed by atoms with van der Waals surface area (Å²) in [5.41, 5.74) is 3.49. The van der Waals surface area contributed by atoms with Crippen LogP contribution in [-0.4, -0.2) is 73.2 Å². The van der Waals surface area contributed by atoms with Gasteiger partial charge >= 0.3 is 0 Å². The van der Waals surface area contributed by atoms with E-state index in [2.05, 4.69) is 15.9 Å². The molecule has 34 heavy (non-hydrogen) atoms. The maximum atomic E-state index is 13.4. The first kappa shape index (κ1) is 22.3. The highest BCUT2D eigenvalue weighted by molar-refractivity contribution is 6.07. The van der Waals surface area contributed by atoms with Gasteiger partial charge in [-0.2, -0.15) is 5.26 Å². The summed E-state index contributed by atoms with van der Waals surface area (Å²) in [6.07, 6.45) is 1.03. The number of hydrogen-bond donors (Lipinski definition) is 0. The highest BCUT2D eigenvalue weighted by Crippen LogP contribution is 2.26. The molecule has 0 N–H and O–H groups in total. The second-order valence-corrected chi connectivity index (χ2v) is 8.88. The normalized spacial score (nSPS) is 17.4. The van der Waals surface area contributed by atoms with E-state index in [9.17, 15) is 4.79 Å². The zero-order valence-electron chi connectivity index (χ0n) is 19.3. The monoisotopic (exact) mass is 455 g/mol. The molecule has 1 amide bonds. The van der Waals surface area contributed by atoms with Gasteiger partial charge in [-0.15, -0.1) is 0 Å². The average molecular weight is 456 g/mol. The summed E-state index contributed by atoms with van der Waals surface area (Å²) in [7, 11) is 0. The van der Waals surface area contributed by atoms with Gasteiger partial charge in [-0.25, -0.2) is 4.98 Å². The van der Waals surface area contributed by atoms with Crippen LogP contribution in [-0.2, 0) is 11.3 Å². The molecule has 2 fully saturated rings. The Balaban J connectivity index is 1.35. The smallest absolute Gasteiger partial charge is 0.254 e. The van der Waals surface area contributed by atoms with Crippen LogP contribution in [0.4, 0.5) is 5.82 Å². The number of amides is 1. The van der Waals surface area contributed by atoms with E-state index in [1.54, 1.807) is 0 Å². The van der Waals surface area contributed by atoms with Crippen LogP contribution in [0.1, 0.15) is 27.9 Å². The first-order valence-electron chi connectivity index (χ1n) is 11.9. The van der Waals surface area contributed by atoms with Crippen LogP contribution in [0.2, 0.25) is 0 Å². The second-order valence-electron chi connectivity index (χ2n) is 8.88. The number of aromatic nitrogens is 1. The molecule has 0 saturated carbocycles. The predicted molar refractivity (Wildman–Crippen MR) is 132 cm³/mol. The lowest BCUT2D eigenvalue weighted by Crippen LogP contribution is -2.41. The van der Waals surface area contributed by atoms with Gasteiger partial charge in [-0.1, -0.05) is 30.3 Å². The Bertz CT molecular complexity index is 1200. The second kappa shape index (κ2) is 10.2. The standard InChI is InChI=1S/C27H29N5O2/c28-19-21-6-8-22(9-7-21)20-30-10-3-11-31(13-12-30)26-18-24(23-4-1-2-5-25(23)29-26)27(33)32-14-16-34-17-15-32/h1-2,4-9,18H,3,10-17,20H2. The van der Waals surface area contributed by atoms with Crippen LogP contribution in [0.15, 0.2) is 54.6 Å². The summed E-state index contributed by atoms with van der Waals surface area (Å²) in [5.74, 6) is 0.927. The van der Waals surface area contributed by atoms with E-state index in [-0.39, 0.29) is 5.91 Å². The summed E-state index contributed by atoms with van der Waals surface area (Å²) in [6, 6.07) is 19.9. The van der Waals surface area contributed by atoms with Gasteiger partial charge in [-0.05, 0) is 36.2 Å². The van der Waals surface area contributed by atoms with Crippen molar-refractivity contribution >= 4 is 22.6 Å². The molecule has 174 valence electrons. The van der Waals surface area contributed by atoms with E-state index < -0.39 is 0 Å². The SMILES string of the molecule is N#Cc1ccc(CN2CCCN(c3cc(C(=O)N4CCOCC4)c4ccccc4n3)CC2)cc1. The van der Waals surface area contributed by atoms with Crippen LogP contribution >= 0.6 is 0 Å². The van der Waals surface area contributed by atoms with Crippen molar-refractivity contribution < 1.29 is 9.53 Å². The minimum atomic E-state index is 0.0559. The summed E-state index contributed by atoms with van der Waals surface area (Å²) in [5, 5.41) is 9.92. The fraction of sp³-hybridized carbons (Fsp3) is 0.370. The van der Waals surface area contributed by atoms with Crippen LogP contribution in [0, 0.1) is 11.3 Å². The summed E-state index contributed by atoms with van der Waals surface area (Å²) in [4.78, 5) is 25.0. The van der Waals surface area contributed by atoms with E-state index in [4.69, 9.17) is 15.0 Å². The molecule has 0 bridgehead atoms. The topological polar surface area (TPSA) is 72.7 Å². The number of pyridine rings is 1. The lowest BCUT2D eigenvalue weighted by molar-refractivity contribution is 0.0304. The Morgan fingerprint density at radius 2 is 1.76 bits per heavy atom.